The molecule has 1 atom stereocenters. The number of benzene rings is 1. The van der Waals surface area contributed by atoms with Crippen LogP contribution in [0.4, 0.5) is 0 Å². The molecule has 1 aromatic carbocycles. The molecule has 0 bridgehead atoms. The molecule has 0 aliphatic heterocycles. The second kappa shape index (κ2) is 5.31. The maximum atomic E-state index is 10.6. The Morgan fingerprint density at radius 1 is 1.10 bits per heavy atom. The highest BCUT2D eigenvalue weighted by atomic mass is 79.9. The average molecular weight is 329 g/mol. The van der Waals surface area contributed by atoms with Crippen LogP contribution in [0.5, 0.6) is 0 Å². The zero-order chi connectivity index (χ0) is 14.1. The van der Waals surface area contributed by atoms with Crippen molar-refractivity contribution in [3.05, 3.63) is 70.1 Å². The van der Waals surface area contributed by atoms with Crippen molar-refractivity contribution < 1.29 is 5.11 Å². The Kier molecular flexibility index (Phi) is 3.51. The van der Waals surface area contributed by atoms with Gasteiger partial charge in [-0.15, -0.1) is 0 Å². The van der Waals surface area contributed by atoms with Crippen molar-refractivity contribution >= 4 is 26.8 Å². The van der Waals surface area contributed by atoms with E-state index in [1.54, 1.807) is 12.4 Å². The molecule has 0 saturated heterocycles. The van der Waals surface area contributed by atoms with Gasteiger partial charge in [0.15, 0.2) is 0 Å². The predicted molar refractivity (Wildman–Crippen MR) is 82.5 cm³/mol. The fraction of sp³-hybridized carbons (Fsp3) is 0.125. The van der Waals surface area contributed by atoms with Crippen LogP contribution >= 0.6 is 15.9 Å². The standard InChI is InChI=1S/C16H13BrN2O/c1-10-8-14(16(20)11-4-6-18-7-5-11)13-9-12(17)2-3-15(13)19-10/h2-9,16,20H,1H3. The highest BCUT2D eigenvalue weighted by Crippen LogP contribution is 2.30. The first-order valence-electron chi connectivity index (χ1n) is 6.30. The lowest BCUT2D eigenvalue weighted by molar-refractivity contribution is 0.221. The molecule has 1 N–H and O–H groups in total. The smallest absolute Gasteiger partial charge is 0.105 e. The summed E-state index contributed by atoms with van der Waals surface area (Å²) in [5.41, 5.74) is 3.46. The van der Waals surface area contributed by atoms with Crippen LogP contribution in [0.25, 0.3) is 10.9 Å². The molecule has 0 radical (unpaired) electrons. The van der Waals surface area contributed by atoms with Crippen LogP contribution in [0.3, 0.4) is 0 Å². The number of fused-ring (bicyclic) bond motifs is 1. The van der Waals surface area contributed by atoms with Gasteiger partial charge in [-0.05, 0) is 54.4 Å². The van der Waals surface area contributed by atoms with Crippen molar-refractivity contribution in [3.63, 3.8) is 0 Å². The van der Waals surface area contributed by atoms with Gasteiger partial charge in [0.1, 0.15) is 6.10 Å². The summed E-state index contributed by atoms with van der Waals surface area (Å²) >= 11 is 3.47. The Labute approximate surface area is 125 Å². The number of aliphatic hydroxyl groups excluding tert-OH is 1. The maximum Gasteiger partial charge on any atom is 0.105 e. The molecular formula is C16H13BrN2O. The Hall–Kier alpha value is -1.78. The van der Waals surface area contributed by atoms with Gasteiger partial charge in [-0.1, -0.05) is 15.9 Å². The van der Waals surface area contributed by atoms with E-state index in [0.717, 1.165) is 32.2 Å². The molecular weight excluding hydrogens is 316 g/mol. The largest absolute Gasteiger partial charge is 0.384 e. The van der Waals surface area contributed by atoms with E-state index >= 15 is 0 Å². The number of rotatable bonds is 2. The fourth-order valence-corrected chi connectivity index (χ4v) is 2.67. The highest BCUT2D eigenvalue weighted by Gasteiger charge is 2.15. The Morgan fingerprint density at radius 3 is 2.60 bits per heavy atom. The second-order valence-corrected chi connectivity index (χ2v) is 5.61. The monoisotopic (exact) mass is 328 g/mol. The first-order valence-corrected chi connectivity index (χ1v) is 7.09. The molecule has 100 valence electrons. The molecule has 0 fully saturated rings. The molecule has 0 amide bonds. The van der Waals surface area contributed by atoms with Crippen LogP contribution in [0, 0.1) is 6.92 Å². The van der Waals surface area contributed by atoms with Crippen LogP contribution in [-0.4, -0.2) is 15.1 Å². The Balaban J connectivity index is 2.22. The van der Waals surface area contributed by atoms with Gasteiger partial charge >= 0.3 is 0 Å². The van der Waals surface area contributed by atoms with Crippen molar-refractivity contribution in [2.75, 3.05) is 0 Å². The van der Waals surface area contributed by atoms with Crippen LogP contribution in [0.15, 0.2) is 53.3 Å². The Morgan fingerprint density at radius 2 is 1.85 bits per heavy atom. The van der Waals surface area contributed by atoms with Crippen LogP contribution in [0.2, 0.25) is 0 Å². The van der Waals surface area contributed by atoms with E-state index in [1.807, 2.05) is 43.3 Å². The molecule has 1 unspecified atom stereocenters. The van der Waals surface area contributed by atoms with Gasteiger partial charge in [-0.2, -0.15) is 0 Å². The van der Waals surface area contributed by atoms with Gasteiger partial charge in [0.05, 0.1) is 5.52 Å². The van der Waals surface area contributed by atoms with E-state index in [2.05, 4.69) is 25.9 Å². The molecule has 4 heteroatoms. The SMILES string of the molecule is Cc1cc(C(O)c2ccncc2)c2cc(Br)ccc2n1. The number of aromatic nitrogens is 2. The van der Waals surface area contributed by atoms with Crippen LogP contribution in [-0.2, 0) is 0 Å². The highest BCUT2D eigenvalue weighted by molar-refractivity contribution is 9.10. The van der Waals surface area contributed by atoms with Crippen molar-refractivity contribution in [2.45, 2.75) is 13.0 Å². The topological polar surface area (TPSA) is 46.0 Å². The summed E-state index contributed by atoms with van der Waals surface area (Å²) in [4.78, 5) is 8.49. The Bertz CT molecular complexity index is 759. The molecule has 0 aliphatic rings. The van der Waals surface area contributed by atoms with Crippen molar-refractivity contribution in [3.8, 4) is 0 Å². The zero-order valence-corrected chi connectivity index (χ0v) is 12.5. The van der Waals surface area contributed by atoms with Crippen molar-refractivity contribution in [1.29, 1.82) is 0 Å². The summed E-state index contributed by atoms with van der Waals surface area (Å²) in [6.45, 7) is 1.93. The summed E-state index contributed by atoms with van der Waals surface area (Å²) in [5.74, 6) is 0. The number of halogens is 1. The van der Waals surface area contributed by atoms with Crippen LogP contribution < -0.4 is 0 Å². The van der Waals surface area contributed by atoms with Crippen molar-refractivity contribution in [1.82, 2.24) is 9.97 Å². The molecule has 20 heavy (non-hydrogen) atoms. The summed E-state index contributed by atoms with van der Waals surface area (Å²) in [6, 6.07) is 11.5. The predicted octanol–water partition coefficient (Wildman–Crippen LogP) is 3.78. The summed E-state index contributed by atoms with van der Waals surface area (Å²) in [6.07, 6.45) is 2.69. The maximum absolute atomic E-state index is 10.6. The van der Waals surface area contributed by atoms with E-state index in [4.69, 9.17) is 0 Å². The van der Waals surface area contributed by atoms with Crippen molar-refractivity contribution in [2.24, 2.45) is 0 Å². The van der Waals surface area contributed by atoms with E-state index in [9.17, 15) is 5.11 Å². The average Bonchev–Trinajstić information content (AvgIpc) is 2.47. The fourth-order valence-electron chi connectivity index (χ4n) is 2.31. The van der Waals surface area contributed by atoms with Gasteiger partial charge in [-0.25, -0.2) is 0 Å². The van der Waals surface area contributed by atoms with E-state index in [-0.39, 0.29) is 0 Å². The van der Waals surface area contributed by atoms with Crippen LogP contribution in [0.1, 0.15) is 22.9 Å². The second-order valence-electron chi connectivity index (χ2n) is 4.70. The lowest BCUT2D eigenvalue weighted by Crippen LogP contribution is -2.02. The van der Waals surface area contributed by atoms with Gasteiger partial charge in [0.2, 0.25) is 0 Å². The lowest BCUT2D eigenvalue weighted by Gasteiger charge is -2.15. The minimum Gasteiger partial charge on any atom is -0.384 e. The number of pyridine rings is 2. The summed E-state index contributed by atoms with van der Waals surface area (Å²) < 4.78 is 0.971. The van der Waals surface area contributed by atoms with Gasteiger partial charge in [0, 0.05) is 27.9 Å². The minimum atomic E-state index is -0.684. The minimum absolute atomic E-state index is 0.684. The molecule has 0 saturated carbocycles. The molecule has 3 aromatic rings. The number of aliphatic hydroxyl groups is 1. The first-order chi connectivity index (χ1) is 9.65. The van der Waals surface area contributed by atoms with E-state index in [0.29, 0.717) is 0 Å². The summed E-state index contributed by atoms with van der Waals surface area (Å²) in [5, 5.41) is 11.6. The lowest BCUT2D eigenvalue weighted by atomic mass is 9.98. The molecule has 3 rings (SSSR count). The molecule has 2 aromatic heterocycles. The molecule has 0 spiro atoms. The number of aryl methyl sites for hydroxylation is 1. The molecule has 3 nitrogen and oxygen atoms in total. The number of nitrogens with zero attached hydrogens (tertiary/aromatic N) is 2. The quantitative estimate of drug-likeness (QED) is 0.778. The van der Waals surface area contributed by atoms with Gasteiger partial charge in [0.25, 0.3) is 0 Å². The van der Waals surface area contributed by atoms with Gasteiger partial charge < -0.3 is 5.11 Å². The first kappa shape index (κ1) is 13.2. The number of hydrogen-bond acceptors (Lipinski definition) is 3. The van der Waals surface area contributed by atoms with E-state index in [1.165, 1.54) is 0 Å². The third-order valence-electron chi connectivity index (χ3n) is 3.25. The summed E-state index contributed by atoms with van der Waals surface area (Å²) in [7, 11) is 0. The molecule has 2 heterocycles. The third kappa shape index (κ3) is 2.44. The zero-order valence-electron chi connectivity index (χ0n) is 10.9. The molecule has 0 aliphatic carbocycles. The van der Waals surface area contributed by atoms with E-state index < -0.39 is 6.10 Å². The third-order valence-corrected chi connectivity index (χ3v) is 3.74. The van der Waals surface area contributed by atoms with Gasteiger partial charge in [-0.3, -0.25) is 9.97 Å². The normalized spacial score (nSPS) is 12.6. The number of hydrogen-bond donors (Lipinski definition) is 1.